The highest BCUT2D eigenvalue weighted by Gasteiger charge is 2.19. The zero-order chi connectivity index (χ0) is 15.3. The summed E-state index contributed by atoms with van der Waals surface area (Å²) in [6, 6.07) is 13.3. The number of hydrogen-bond acceptors (Lipinski definition) is 4. The minimum Gasteiger partial charge on any atom is -0.300 e. The quantitative estimate of drug-likeness (QED) is 0.851. The third-order valence-corrected chi connectivity index (χ3v) is 5.48. The fraction of sp³-hybridized carbons (Fsp3) is 0.333. The van der Waals surface area contributed by atoms with Crippen LogP contribution in [0.2, 0.25) is 0 Å². The molecule has 0 saturated heterocycles. The number of nitrogens with zero attached hydrogens (tertiary/aromatic N) is 1. The van der Waals surface area contributed by atoms with Crippen LogP contribution in [0.1, 0.15) is 16.5 Å². The van der Waals surface area contributed by atoms with Crippen molar-refractivity contribution in [2.24, 2.45) is 0 Å². The lowest BCUT2D eigenvalue weighted by Crippen LogP contribution is -2.34. The van der Waals surface area contributed by atoms with Crippen LogP contribution in [-0.4, -0.2) is 34.0 Å². The maximum Gasteiger partial charge on any atom is 0.215 e. The van der Waals surface area contributed by atoms with E-state index in [0.29, 0.717) is 6.54 Å². The Bertz CT molecular complexity index is 638. The molecule has 2 rings (SSSR count). The van der Waals surface area contributed by atoms with Gasteiger partial charge in [-0.1, -0.05) is 36.4 Å². The molecule has 0 amide bonds. The number of likely N-dealkylation sites (N-methyl/N-ethyl adjacent to an activating group) is 1. The second-order valence-electron chi connectivity index (χ2n) is 5.09. The molecule has 1 heterocycles. The van der Waals surface area contributed by atoms with Gasteiger partial charge in [0.15, 0.2) is 0 Å². The van der Waals surface area contributed by atoms with E-state index in [1.165, 1.54) is 0 Å². The van der Waals surface area contributed by atoms with E-state index in [2.05, 4.69) is 4.72 Å². The van der Waals surface area contributed by atoms with Crippen molar-refractivity contribution in [2.75, 3.05) is 20.6 Å². The Hall–Kier alpha value is -1.21. The van der Waals surface area contributed by atoms with E-state index in [4.69, 9.17) is 0 Å². The summed E-state index contributed by atoms with van der Waals surface area (Å²) in [4.78, 5) is 3.18. The molecule has 114 valence electrons. The Morgan fingerprint density at radius 2 is 1.86 bits per heavy atom. The SMILES string of the molecule is CN(C)[C@H](CNS(=O)(=O)Cc1ccccc1)c1cccs1. The van der Waals surface area contributed by atoms with Gasteiger partial charge in [-0.25, -0.2) is 13.1 Å². The van der Waals surface area contributed by atoms with Crippen LogP contribution in [0, 0.1) is 0 Å². The lowest BCUT2D eigenvalue weighted by Gasteiger charge is -2.23. The number of sulfonamides is 1. The predicted molar refractivity (Wildman–Crippen MR) is 87.8 cm³/mol. The van der Waals surface area contributed by atoms with Gasteiger partial charge in [0, 0.05) is 11.4 Å². The van der Waals surface area contributed by atoms with Crippen LogP contribution in [-0.2, 0) is 15.8 Å². The van der Waals surface area contributed by atoms with Crippen LogP contribution in [0.25, 0.3) is 0 Å². The smallest absolute Gasteiger partial charge is 0.215 e. The first-order valence-electron chi connectivity index (χ1n) is 6.69. The number of rotatable bonds is 7. The van der Waals surface area contributed by atoms with Gasteiger partial charge in [0.1, 0.15) is 0 Å². The molecule has 0 aliphatic heterocycles. The molecule has 2 aromatic rings. The number of hydrogen-bond donors (Lipinski definition) is 1. The molecule has 1 atom stereocenters. The summed E-state index contributed by atoms with van der Waals surface area (Å²) < 4.78 is 27.1. The fourth-order valence-corrected chi connectivity index (χ4v) is 4.14. The molecule has 1 N–H and O–H groups in total. The molecule has 1 aromatic carbocycles. The van der Waals surface area contributed by atoms with E-state index in [9.17, 15) is 8.42 Å². The first-order chi connectivity index (χ1) is 9.98. The summed E-state index contributed by atoms with van der Waals surface area (Å²) in [6.45, 7) is 0.378. The van der Waals surface area contributed by atoms with Crippen molar-refractivity contribution in [3.63, 3.8) is 0 Å². The molecule has 0 unspecified atom stereocenters. The number of nitrogens with one attached hydrogen (secondary N) is 1. The number of thiophene rings is 1. The van der Waals surface area contributed by atoms with Gasteiger partial charge in [0.2, 0.25) is 10.0 Å². The second kappa shape index (κ2) is 7.17. The van der Waals surface area contributed by atoms with Crippen LogP contribution in [0.4, 0.5) is 0 Å². The molecule has 0 aliphatic carbocycles. The molecular formula is C15H20N2O2S2. The van der Waals surface area contributed by atoms with Crippen molar-refractivity contribution >= 4 is 21.4 Å². The number of benzene rings is 1. The molecule has 0 radical (unpaired) electrons. The van der Waals surface area contributed by atoms with Gasteiger partial charge in [-0.3, -0.25) is 0 Å². The molecule has 0 saturated carbocycles. The van der Waals surface area contributed by atoms with E-state index in [0.717, 1.165) is 10.4 Å². The molecule has 21 heavy (non-hydrogen) atoms. The monoisotopic (exact) mass is 324 g/mol. The summed E-state index contributed by atoms with van der Waals surface area (Å²) in [5, 5.41) is 2.00. The van der Waals surface area contributed by atoms with Gasteiger partial charge >= 0.3 is 0 Å². The summed E-state index contributed by atoms with van der Waals surface area (Å²) in [7, 11) is 0.582. The first-order valence-corrected chi connectivity index (χ1v) is 9.22. The summed E-state index contributed by atoms with van der Waals surface area (Å²) in [6.07, 6.45) is 0. The second-order valence-corrected chi connectivity index (χ2v) is 7.87. The minimum atomic E-state index is -3.33. The van der Waals surface area contributed by atoms with E-state index in [1.807, 2.05) is 66.8 Å². The summed E-state index contributed by atoms with van der Waals surface area (Å²) in [5.41, 5.74) is 0.794. The molecule has 0 fully saturated rings. The van der Waals surface area contributed by atoms with Crippen LogP contribution < -0.4 is 4.72 Å². The van der Waals surface area contributed by atoms with Crippen molar-refractivity contribution < 1.29 is 8.42 Å². The topological polar surface area (TPSA) is 49.4 Å². The van der Waals surface area contributed by atoms with Crippen molar-refractivity contribution in [1.29, 1.82) is 0 Å². The molecular weight excluding hydrogens is 304 g/mol. The average molecular weight is 324 g/mol. The molecule has 0 aliphatic rings. The van der Waals surface area contributed by atoms with E-state index < -0.39 is 10.0 Å². The van der Waals surface area contributed by atoms with Gasteiger partial charge in [0.25, 0.3) is 0 Å². The maximum absolute atomic E-state index is 12.2. The summed E-state index contributed by atoms with van der Waals surface area (Å²) >= 11 is 1.64. The van der Waals surface area contributed by atoms with Crippen molar-refractivity contribution in [3.8, 4) is 0 Å². The van der Waals surface area contributed by atoms with Crippen LogP contribution >= 0.6 is 11.3 Å². The van der Waals surface area contributed by atoms with E-state index in [-0.39, 0.29) is 11.8 Å². The van der Waals surface area contributed by atoms with Crippen molar-refractivity contribution in [1.82, 2.24) is 9.62 Å². The first kappa shape index (κ1) is 16.2. The van der Waals surface area contributed by atoms with Gasteiger partial charge in [-0.05, 0) is 31.1 Å². The Kier molecular flexibility index (Phi) is 5.52. The van der Waals surface area contributed by atoms with Crippen molar-refractivity contribution in [3.05, 3.63) is 58.3 Å². The Morgan fingerprint density at radius 1 is 1.14 bits per heavy atom. The van der Waals surface area contributed by atoms with Gasteiger partial charge in [-0.15, -0.1) is 11.3 Å². The van der Waals surface area contributed by atoms with Gasteiger partial charge in [-0.2, -0.15) is 0 Å². The zero-order valence-corrected chi connectivity index (χ0v) is 13.8. The molecule has 6 heteroatoms. The van der Waals surface area contributed by atoms with Crippen LogP contribution in [0.15, 0.2) is 47.8 Å². The molecule has 4 nitrogen and oxygen atoms in total. The average Bonchev–Trinajstić information content (AvgIpc) is 2.93. The molecule has 0 spiro atoms. The predicted octanol–water partition coefficient (Wildman–Crippen LogP) is 2.47. The minimum absolute atomic E-state index is 0.0123. The molecule has 0 bridgehead atoms. The van der Waals surface area contributed by atoms with E-state index in [1.54, 1.807) is 11.3 Å². The van der Waals surface area contributed by atoms with Gasteiger partial charge in [0.05, 0.1) is 11.8 Å². The van der Waals surface area contributed by atoms with Crippen LogP contribution in [0.5, 0.6) is 0 Å². The Labute approximate surface area is 130 Å². The van der Waals surface area contributed by atoms with Crippen molar-refractivity contribution in [2.45, 2.75) is 11.8 Å². The largest absolute Gasteiger partial charge is 0.300 e. The van der Waals surface area contributed by atoms with Gasteiger partial charge < -0.3 is 4.90 Å². The van der Waals surface area contributed by atoms with E-state index >= 15 is 0 Å². The normalized spacial score (nSPS) is 13.5. The Balaban J connectivity index is 2.00. The highest BCUT2D eigenvalue weighted by Crippen LogP contribution is 2.22. The fourth-order valence-electron chi connectivity index (χ4n) is 2.07. The summed E-state index contributed by atoms with van der Waals surface area (Å²) in [5.74, 6) is 0.0123. The maximum atomic E-state index is 12.2. The lowest BCUT2D eigenvalue weighted by atomic mass is 10.2. The highest BCUT2D eigenvalue weighted by molar-refractivity contribution is 7.88. The third-order valence-electron chi connectivity index (χ3n) is 3.19. The lowest BCUT2D eigenvalue weighted by molar-refractivity contribution is 0.303. The third kappa shape index (κ3) is 4.93. The van der Waals surface area contributed by atoms with Crippen LogP contribution in [0.3, 0.4) is 0 Å². The molecule has 1 aromatic heterocycles. The standard InChI is InChI=1S/C15H20N2O2S2/c1-17(2)14(15-9-6-10-20-15)11-16-21(18,19)12-13-7-4-3-5-8-13/h3-10,14,16H,11-12H2,1-2H3/t14-/m1/s1. The zero-order valence-electron chi connectivity index (χ0n) is 12.2. The highest BCUT2D eigenvalue weighted by atomic mass is 32.2. The Morgan fingerprint density at radius 3 is 2.43 bits per heavy atom.